The minimum absolute atomic E-state index is 0. The summed E-state index contributed by atoms with van der Waals surface area (Å²) in [6.45, 7) is 9.73. The van der Waals surface area contributed by atoms with Crippen molar-refractivity contribution in [3.63, 3.8) is 0 Å². The summed E-state index contributed by atoms with van der Waals surface area (Å²) in [6.07, 6.45) is 2.13. The van der Waals surface area contributed by atoms with E-state index in [9.17, 15) is 8.42 Å². The Labute approximate surface area is 173 Å². The van der Waals surface area contributed by atoms with E-state index in [1.807, 2.05) is 23.4 Å². The van der Waals surface area contributed by atoms with E-state index in [2.05, 4.69) is 22.4 Å². The van der Waals surface area contributed by atoms with Crippen LogP contribution in [0.3, 0.4) is 0 Å². The number of aliphatic imine (C=N–C) groups is 1. The summed E-state index contributed by atoms with van der Waals surface area (Å²) in [4.78, 5) is 6.73. The Morgan fingerprint density at radius 3 is 2.58 bits per heavy atom. The molecule has 1 fully saturated rings. The third kappa shape index (κ3) is 5.30. The number of guanidine groups is 1. The molecular formula is C16H31IN6O2S. The lowest BCUT2D eigenvalue weighted by atomic mass is 10.2. The summed E-state index contributed by atoms with van der Waals surface area (Å²) in [5.41, 5.74) is 0. The maximum Gasteiger partial charge on any atom is 0.194 e. The molecule has 0 unspecified atom stereocenters. The van der Waals surface area contributed by atoms with Crippen LogP contribution < -0.4 is 5.32 Å². The van der Waals surface area contributed by atoms with Gasteiger partial charge in [-0.3, -0.25) is 0 Å². The Bertz CT molecular complexity index is 729. The predicted octanol–water partition coefficient (Wildman–Crippen LogP) is 1.50. The van der Waals surface area contributed by atoms with Gasteiger partial charge in [0.05, 0.1) is 10.5 Å². The van der Waals surface area contributed by atoms with Gasteiger partial charge < -0.3 is 14.8 Å². The largest absolute Gasteiger partial charge is 0.356 e. The minimum Gasteiger partial charge on any atom is -0.356 e. The van der Waals surface area contributed by atoms with Gasteiger partial charge in [-0.05, 0) is 27.2 Å². The molecule has 26 heavy (non-hydrogen) atoms. The molecule has 150 valence electrons. The van der Waals surface area contributed by atoms with Crippen molar-refractivity contribution in [1.82, 2.24) is 25.0 Å². The Hall–Kier alpha value is -0.910. The van der Waals surface area contributed by atoms with Gasteiger partial charge in [0.1, 0.15) is 12.4 Å². The van der Waals surface area contributed by atoms with E-state index in [0.717, 1.165) is 37.0 Å². The molecule has 2 rings (SSSR count). The quantitative estimate of drug-likeness (QED) is 0.286. The van der Waals surface area contributed by atoms with E-state index in [-0.39, 0.29) is 29.7 Å². The minimum atomic E-state index is -3.07. The Morgan fingerprint density at radius 2 is 2.04 bits per heavy atom. The van der Waals surface area contributed by atoms with Crippen molar-refractivity contribution in [2.24, 2.45) is 12.0 Å². The van der Waals surface area contributed by atoms with Crippen molar-refractivity contribution in [3.8, 4) is 0 Å². The number of nitrogens with zero attached hydrogens (tertiary/aromatic N) is 5. The van der Waals surface area contributed by atoms with Gasteiger partial charge >= 0.3 is 0 Å². The average Bonchev–Trinajstić information content (AvgIpc) is 2.85. The third-order valence-corrected chi connectivity index (χ3v) is 7.24. The van der Waals surface area contributed by atoms with Crippen LogP contribution in [0.15, 0.2) is 4.99 Å². The first-order valence-electron chi connectivity index (χ1n) is 8.78. The number of unbranched alkanes of at least 4 members (excludes halogenated alkanes) is 1. The Morgan fingerprint density at radius 1 is 1.35 bits per heavy atom. The number of halogens is 1. The van der Waals surface area contributed by atoms with Gasteiger partial charge in [-0.1, -0.05) is 13.3 Å². The maximum atomic E-state index is 12.3. The first-order valence-corrected chi connectivity index (χ1v) is 10.4. The fourth-order valence-corrected chi connectivity index (χ4v) is 4.07. The van der Waals surface area contributed by atoms with Gasteiger partial charge in [0.25, 0.3) is 0 Å². The number of nitrogens with one attached hydrogen (secondary N) is 1. The van der Waals surface area contributed by atoms with Crippen LogP contribution in [0.25, 0.3) is 0 Å². The van der Waals surface area contributed by atoms with Crippen molar-refractivity contribution < 1.29 is 8.42 Å². The van der Waals surface area contributed by atoms with Crippen molar-refractivity contribution in [3.05, 3.63) is 11.6 Å². The Kier molecular flexibility index (Phi) is 8.31. The van der Waals surface area contributed by atoms with E-state index in [4.69, 9.17) is 4.99 Å². The van der Waals surface area contributed by atoms with Crippen LogP contribution in [0.5, 0.6) is 0 Å². The van der Waals surface area contributed by atoms with Crippen molar-refractivity contribution in [2.45, 2.75) is 51.8 Å². The summed E-state index contributed by atoms with van der Waals surface area (Å²) >= 11 is 0. The molecular weight excluding hydrogens is 467 g/mol. The molecule has 1 aliphatic heterocycles. The van der Waals surface area contributed by atoms with Gasteiger partial charge in [0.15, 0.2) is 21.6 Å². The third-order valence-electron chi connectivity index (χ3n) is 4.71. The predicted molar refractivity (Wildman–Crippen MR) is 115 cm³/mol. The van der Waals surface area contributed by atoms with Gasteiger partial charge in [0.2, 0.25) is 0 Å². The van der Waals surface area contributed by atoms with Crippen molar-refractivity contribution in [2.75, 3.05) is 25.4 Å². The van der Waals surface area contributed by atoms with Gasteiger partial charge in [-0.15, -0.1) is 34.2 Å². The summed E-state index contributed by atoms with van der Waals surface area (Å²) in [5, 5.41) is 11.6. The van der Waals surface area contributed by atoms with Crippen molar-refractivity contribution in [1.29, 1.82) is 0 Å². The topological polar surface area (TPSA) is 92.5 Å². The molecule has 1 saturated heterocycles. The molecule has 1 N–H and O–H groups in total. The van der Waals surface area contributed by atoms with Gasteiger partial charge in [0, 0.05) is 26.7 Å². The molecule has 0 aliphatic carbocycles. The molecule has 0 saturated carbocycles. The molecule has 0 aromatic carbocycles. The van der Waals surface area contributed by atoms with Gasteiger partial charge in [-0.25, -0.2) is 13.4 Å². The second kappa shape index (κ2) is 9.34. The number of sulfone groups is 1. The normalized spacial score (nSPS) is 19.1. The van der Waals surface area contributed by atoms with E-state index in [1.54, 1.807) is 13.8 Å². The number of aryl methyl sites for hydroxylation is 1. The van der Waals surface area contributed by atoms with E-state index in [0.29, 0.717) is 19.6 Å². The molecule has 1 aliphatic rings. The number of hydrogen-bond acceptors (Lipinski definition) is 5. The zero-order valence-electron chi connectivity index (χ0n) is 16.3. The summed E-state index contributed by atoms with van der Waals surface area (Å²) < 4.78 is 25.6. The number of aromatic nitrogens is 3. The summed E-state index contributed by atoms with van der Waals surface area (Å²) in [6, 6.07) is 0. The molecule has 10 heteroatoms. The first kappa shape index (κ1) is 23.1. The molecule has 8 nitrogen and oxygen atoms in total. The monoisotopic (exact) mass is 498 g/mol. The second-order valence-electron chi connectivity index (χ2n) is 7.14. The highest BCUT2D eigenvalue weighted by atomic mass is 127. The van der Waals surface area contributed by atoms with Crippen LogP contribution in [-0.2, 0) is 23.4 Å². The standard InChI is InChI=1S/C16H30N6O2S.HI/c1-6-7-8-17-15(18-11-14-20-19-13(2)21(14)5)22-9-10-25(23,24)16(3,4)12-22;/h6-12H2,1-5H3,(H,17,18);1H. The zero-order chi connectivity index (χ0) is 18.7. The lowest BCUT2D eigenvalue weighted by Crippen LogP contribution is -2.57. The van der Waals surface area contributed by atoms with E-state index >= 15 is 0 Å². The van der Waals surface area contributed by atoms with E-state index in [1.165, 1.54) is 0 Å². The SMILES string of the molecule is CCCCNC(=NCc1nnc(C)n1C)N1CCS(=O)(=O)C(C)(C)C1.I. The van der Waals surface area contributed by atoms with Crippen LogP contribution in [0.2, 0.25) is 0 Å². The summed E-state index contributed by atoms with van der Waals surface area (Å²) in [5.74, 6) is 2.53. The van der Waals surface area contributed by atoms with Gasteiger partial charge in [-0.2, -0.15) is 0 Å². The number of hydrogen-bond donors (Lipinski definition) is 1. The van der Waals surface area contributed by atoms with Crippen LogP contribution >= 0.6 is 24.0 Å². The molecule has 0 radical (unpaired) electrons. The second-order valence-corrected chi connectivity index (χ2v) is 9.89. The highest BCUT2D eigenvalue weighted by molar-refractivity contribution is 14.0. The van der Waals surface area contributed by atoms with Crippen LogP contribution in [0, 0.1) is 6.92 Å². The highest BCUT2D eigenvalue weighted by Gasteiger charge is 2.41. The molecule has 0 amide bonds. The zero-order valence-corrected chi connectivity index (χ0v) is 19.5. The first-order chi connectivity index (χ1) is 11.7. The molecule has 1 aromatic heterocycles. The molecule has 0 spiro atoms. The van der Waals surface area contributed by atoms with Crippen molar-refractivity contribution >= 4 is 39.8 Å². The molecule has 0 atom stereocenters. The summed E-state index contributed by atoms with van der Waals surface area (Å²) in [7, 11) is -1.16. The molecule has 2 heterocycles. The van der Waals surface area contributed by atoms with E-state index < -0.39 is 14.6 Å². The average molecular weight is 498 g/mol. The lowest BCUT2D eigenvalue weighted by molar-refractivity contribution is 0.352. The van der Waals surface area contributed by atoms with Crippen LogP contribution in [-0.4, -0.2) is 64.2 Å². The van der Waals surface area contributed by atoms with Crippen LogP contribution in [0.4, 0.5) is 0 Å². The number of rotatable bonds is 5. The molecule has 0 bridgehead atoms. The lowest BCUT2D eigenvalue weighted by Gasteiger charge is -2.39. The Balaban J connectivity index is 0.00000338. The smallest absolute Gasteiger partial charge is 0.194 e. The maximum absolute atomic E-state index is 12.3. The van der Waals surface area contributed by atoms with Crippen LogP contribution in [0.1, 0.15) is 45.3 Å². The fourth-order valence-electron chi connectivity index (χ4n) is 2.70. The highest BCUT2D eigenvalue weighted by Crippen LogP contribution is 2.23. The molecule has 1 aromatic rings. The fraction of sp³-hybridized carbons (Fsp3) is 0.812.